The van der Waals surface area contributed by atoms with Gasteiger partial charge in [-0.3, -0.25) is 9.69 Å². The van der Waals surface area contributed by atoms with E-state index in [4.69, 9.17) is 5.73 Å². The molecule has 114 valence electrons. The fourth-order valence-electron chi connectivity index (χ4n) is 3.60. The van der Waals surface area contributed by atoms with Gasteiger partial charge in [-0.15, -0.1) is 0 Å². The van der Waals surface area contributed by atoms with Gasteiger partial charge in [-0.25, -0.2) is 0 Å². The highest BCUT2D eigenvalue weighted by Crippen LogP contribution is 2.21. The first-order chi connectivity index (χ1) is 10.2. The van der Waals surface area contributed by atoms with Crippen molar-refractivity contribution >= 4 is 5.91 Å². The van der Waals surface area contributed by atoms with Gasteiger partial charge in [0.25, 0.3) is 0 Å². The average molecular weight is 287 g/mol. The van der Waals surface area contributed by atoms with E-state index in [0.717, 1.165) is 31.6 Å². The largest absolute Gasteiger partial charge is 0.340 e. The normalized spacial score (nSPS) is 24.4. The van der Waals surface area contributed by atoms with Gasteiger partial charge in [-0.2, -0.15) is 0 Å². The van der Waals surface area contributed by atoms with Crippen molar-refractivity contribution in [1.82, 2.24) is 9.80 Å². The molecule has 0 spiro atoms. The van der Waals surface area contributed by atoms with Gasteiger partial charge in [0, 0.05) is 25.7 Å². The molecule has 1 aromatic rings. The van der Waals surface area contributed by atoms with Crippen LogP contribution in [0.1, 0.15) is 24.8 Å². The molecule has 4 nitrogen and oxygen atoms in total. The monoisotopic (exact) mass is 287 g/mol. The second-order valence-corrected chi connectivity index (χ2v) is 6.27. The molecule has 1 amide bonds. The first kappa shape index (κ1) is 14.5. The summed E-state index contributed by atoms with van der Waals surface area (Å²) in [5.41, 5.74) is 7.30. The summed E-state index contributed by atoms with van der Waals surface area (Å²) < 4.78 is 0. The van der Waals surface area contributed by atoms with Crippen LogP contribution in [-0.2, 0) is 11.2 Å². The number of amides is 1. The van der Waals surface area contributed by atoms with Crippen LogP contribution in [-0.4, -0.2) is 54.0 Å². The van der Waals surface area contributed by atoms with Crippen LogP contribution in [0.5, 0.6) is 0 Å². The van der Waals surface area contributed by atoms with Crippen LogP contribution in [0.3, 0.4) is 0 Å². The summed E-state index contributed by atoms with van der Waals surface area (Å²) >= 11 is 0. The van der Waals surface area contributed by atoms with Gasteiger partial charge in [0.1, 0.15) is 0 Å². The van der Waals surface area contributed by atoms with Crippen molar-refractivity contribution in [2.45, 2.75) is 37.8 Å². The van der Waals surface area contributed by atoms with Gasteiger partial charge in [-0.05, 0) is 37.8 Å². The smallest absolute Gasteiger partial charge is 0.239 e. The molecule has 0 aromatic heterocycles. The molecule has 2 aliphatic heterocycles. The number of nitrogens with zero attached hydrogens (tertiary/aromatic N) is 2. The van der Waals surface area contributed by atoms with Gasteiger partial charge >= 0.3 is 0 Å². The topological polar surface area (TPSA) is 49.6 Å². The van der Waals surface area contributed by atoms with Gasteiger partial charge in [0.2, 0.25) is 5.91 Å². The van der Waals surface area contributed by atoms with Crippen molar-refractivity contribution in [2.75, 3.05) is 26.2 Å². The second kappa shape index (κ2) is 6.58. The minimum Gasteiger partial charge on any atom is -0.340 e. The van der Waals surface area contributed by atoms with Crippen molar-refractivity contribution in [3.8, 4) is 0 Å². The molecule has 2 N–H and O–H groups in total. The van der Waals surface area contributed by atoms with E-state index in [2.05, 4.69) is 4.90 Å². The van der Waals surface area contributed by atoms with Crippen molar-refractivity contribution in [3.63, 3.8) is 0 Å². The Labute approximate surface area is 126 Å². The lowest BCUT2D eigenvalue weighted by Gasteiger charge is -2.27. The van der Waals surface area contributed by atoms with E-state index in [0.29, 0.717) is 12.5 Å². The Balaban J connectivity index is 1.61. The van der Waals surface area contributed by atoms with Crippen LogP contribution in [0.4, 0.5) is 0 Å². The lowest BCUT2D eigenvalue weighted by Crippen LogP contribution is -2.48. The summed E-state index contributed by atoms with van der Waals surface area (Å²) in [6.07, 6.45) is 4.19. The zero-order valence-electron chi connectivity index (χ0n) is 12.6. The molecule has 1 aromatic carbocycles. The number of fused-ring (bicyclic) bond motifs is 1. The Kier molecular flexibility index (Phi) is 4.56. The molecule has 4 heteroatoms. The number of hydrogen-bond donors (Lipinski definition) is 1. The molecule has 2 atom stereocenters. The van der Waals surface area contributed by atoms with E-state index in [1.54, 1.807) is 0 Å². The minimum absolute atomic E-state index is 0.118. The average Bonchev–Trinajstić information content (AvgIpc) is 2.84. The van der Waals surface area contributed by atoms with Crippen LogP contribution < -0.4 is 5.73 Å². The Morgan fingerprint density at radius 2 is 1.95 bits per heavy atom. The molecular weight excluding hydrogens is 262 g/mol. The zero-order valence-corrected chi connectivity index (χ0v) is 12.6. The van der Waals surface area contributed by atoms with Crippen molar-refractivity contribution in [3.05, 3.63) is 35.9 Å². The third-order valence-corrected chi connectivity index (χ3v) is 4.73. The molecule has 2 fully saturated rings. The molecule has 3 rings (SSSR count). The molecule has 2 heterocycles. The number of carbonyl (C=O) groups excluding carboxylic acids is 1. The van der Waals surface area contributed by atoms with Gasteiger partial charge in [-0.1, -0.05) is 30.3 Å². The van der Waals surface area contributed by atoms with E-state index >= 15 is 0 Å². The predicted molar refractivity (Wildman–Crippen MR) is 83.9 cm³/mol. The highest BCUT2D eigenvalue weighted by molar-refractivity contribution is 5.82. The lowest BCUT2D eigenvalue weighted by atomic mass is 10.1. The highest BCUT2D eigenvalue weighted by atomic mass is 16.2. The summed E-state index contributed by atoms with van der Waals surface area (Å²) in [4.78, 5) is 17.2. The molecule has 2 unspecified atom stereocenters. The molecule has 0 bridgehead atoms. The molecule has 2 aliphatic rings. The second-order valence-electron chi connectivity index (χ2n) is 6.27. The number of rotatable bonds is 3. The van der Waals surface area contributed by atoms with Crippen LogP contribution in [0.15, 0.2) is 30.3 Å². The van der Waals surface area contributed by atoms with Crippen molar-refractivity contribution in [2.24, 2.45) is 5.73 Å². The summed E-state index contributed by atoms with van der Waals surface area (Å²) in [5, 5.41) is 0. The van der Waals surface area contributed by atoms with Crippen molar-refractivity contribution in [1.29, 1.82) is 0 Å². The summed E-state index contributed by atoms with van der Waals surface area (Å²) in [5.74, 6) is 0.118. The number of nitrogens with two attached hydrogens (primary N) is 1. The molecule has 2 saturated heterocycles. The van der Waals surface area contributed by atoms with E-state index < -0.39 is 6.04 Å². The molecule has 21 heavy (non-hydrogen) atoms. The molecule has 0 saturated carbocycles. The molecule has 0 radical (unpaired) electrons. The van der Waals surface area contributed by atoms with Crippen LogP contribution in [0.2, 0.25) is 0 Å². The summed E-state index contributed by atoms with van der Waals surface area (Å²) in [6.45, 7) is 4.04. The van der Waals surface area contributed by atoms with E-state index in [9.17, 15) is 4.79 Å². The fourth-order valence-corrected chi connectivity index (χ4v) is 3.60. The van der Waals surface area contributed by atoms with E-state index in [1.807, 2.05) is 35.2 Å². The van der Waals surface area contributed by atoms with Gasteiger partial charge in [0.05, 0.1) is 6.04 Å². The Morgan fingerprint density at radius 3 is 2.76 bits per heavy atom. The number of benzene rings is 1. The quantitative estimate of drug-likeness (QED) is 0.910. The third-order valence-electron chi connectivity index (χ3n) is 4.73. The first-order valence-corrected chi connectivity index (χ1v) is 8.06. The first-order valence-electron chi connectivity index (χ1n) is 8.06. The van der Waals surface area contributed by atoms with Gasteiger partial charge < -0.3 is 10.6 Å². The molecule has 0 aliphatic carbocycles. The zero-order chi connectivity index (χ0) is 14.7. The standard InChI is InChI=1S/C17H25N3O/c18-16(12-14-6-2-1-3-7-14)17(21)20-11-5-10-19-9-4-8-15(19)13-20/h1-3,6-7,15-16H,4-5,8-13,18H2. The summed E-state index contributed by atoms with van der Waals surface area (Å²) in [6, 6.07) is 10.2. The highest BCUT2D eigenvalue weighted by Gasteiger charge is 2.31. The Morgan fingerprint density at radius 1 is 1.19 bits per heavy atom. The third kappa shape index (κ3) is 3.44. The van der Waals surface area contributed by atoms with Gasteiger partial charge in [0.15, 0.2) is 0 Å². The summed E-state index contributed by atoms with van der Waals surface area (Å²) in [7, 11) is 0. The van der Waals surface area contributed by atoms with E-state index in [1.165, 1.54) is 19.4 Å². The Bertz CT molecular complexity index is 476. The van der Waals surface area contributed by atoms with Crippen LogP contribution in [0, 0.1) is 0 Å². The van der Waals surface area contributed by atoms with E-state index in [-0.39, 0.29) is 5.91 Å². The van der Waals surface area contributed by atoms with Crippen LogP contribution in [0.25, 0.3) is 0 Å². The SMILES string of the molecule is NC(Cc1ccccc1)C(=O)N1CCCN2CCCC2C1. The Hall–Kier alpha value is -1.39. The lowest BCUT2D eigenvalue weighted by molar-refractivity contribution is -0.132. The van der Waals surface area contributed by atoms with Crippen molar-refractivity contribution < 1.29 is 4.79 Å². The predicted octanol–water partition coefficient (Wildman–Crippen LogP) is 1.25. The molecular formula is C17H25N3O. The number of hydrogen-bond acceptors (Lipinski definition) is 3. The maximum absolute atomic E-state index is 12.6. The fraction of sp³-hybridized carbons (Fsp3) is 0.588. The number of carbonyl (C=O) groups is 1. The maximum atomic E-state index is 12.6. The minimum atomic E-state index is -0.416. The maximum Gasteiger partial charge on any atom is 0.239 e. The van der Waals surface area contributed by atoms with Crippen LogP contribution >= 0.6 is 0 Å².